The van der Waals surface area contributed by atoms with E-state index in [1.807, 2.05) is 0 Å². The Kier molecular flexibility index (Phi) is 7.79. The lowest BCUT2D eigenvalue weighted by Crippen LogP contribution is -2.10. The van der Waals surface area contributed by atoms with Crippen LogP contribution in [0.3, 0.4) is 0 Å². The summed E-state index contributed by atoms with van der Waals surface area (Å²) in [7, 11) is 0. The Labute approximate surface area is 188 Å². The number of hydrogen-bond donors (Lipinski definition) is 0. The molecule has 0 fully saturated rings. The molecule has 0 aliphatic heterocycles. The topological polar surface area (TPSA) is 130 Å². The minimum Gasteiger partial charge on any atom is -0.462 e. The molecule has 0 saturated carbocycles. The van der Waals surface area contributed by atoms with Gasteiger partial charge >= 0.3 is 12.1 Å². The second-order valence-corrected chi connectivity index (χ2v) is 6.53. The minimum atomic E-state index is -0.932. The highest BCUT2D eigenvalue weighted by molar-refractivity contribution is 5.89. The first-order valence-corrected chi connectivity index (χ1v) is 9.81. The van der Waals surface area contributed by atoms with Crippen LogP contribution in [0.25, 0.3) is 0 Å². The van der Waals surface area contributed by atoms with E-state index in [1.54, 1.807) is 55.5 Å². The van der Waals surface area contributed by atoms with Crippen LogP contribution in [0, 0.1) is 10.1 Å². The number of non-ortho nitro benzene ring substituents is 1. The molecule has 10 nitrogen and oxygen atoms in total. The molecule has 168 valence electrons. The summed E-state index contributed by atoms with van der Waals surface area (Å²) in [6.07, 6.45) is -0.932. The summed E-state index contributed by atoms with van der Waals surface area (Å²) in [5.74, 6) is -0.257. The van der Waals surface area contributed by atoms with E-state index in [2.05, 4.69) is 10.2 Å². The third-order valence-corrected chi connectivity index (χ3v) is 4.20. The third kappa shape index (κ3) is 6.96. The van der Waals surface area contributed by atoms with Gasteiger partial charge in [-0.3, -0.25) is 10.1 Å². The van der Waals surface area contributed by atoms with Crippen molar-refractivity contribution in [2.24, 2.45) is 10.2 Å². The van der Waals surface area contributed by atoms with Crippen LogP contribution in [-0.4, -0.2) is 23.7 Å². The summed E-state index contributed by atoms with van der Waals surface area (Å²) >= 11 is 0. The minimum absolute atomic E-state index is 0.0292. The zero-order valence-electron chi connectivity index (χ0n) is 17.5. The summed E-state index contributed by atoms with van der Waals surface area (Å²) < 4.78 is 14.9. The monoisotopic (exact) mass is 449 g/mol. The van der Waals surface area contributed by atoms with Gasteiger partial charge < -0.3 is 14.2 Å². The van der Waals surface area contributed by atoms with Crippen molar-refractivity contribution < 1.29 is 28.7 Å². The number of nitro benzene ring substituents is 1. The maximum atomic E-state index is 11.8. The van der Waals surface area contributed by atoms with Crippen LogP contribution in [0.5, 0.6) is 5.75 Å². The molecular weight excluding hydrogens is 430 g/mol. The van der Waals surface area contributed by atoms with Gasteiger partial charge in [0.2, 0.25) is 0 Å². The number of ether oxygens (including phenoxy) is 3. The third-order valence-electron chi connectivity index (χ3n) is 4.20. The van der Waals surface area contributed by atoms with Crippen LogP contribution < -0.4 is 4.74 Å². The van der Waals surface area contributed by atoms with E-state index in [4.69, 9.17) is 14.2 Å². The van der Waals surface area contributed by atoms with Crippen LogP contribution in [0.1, 0.15) is 22.8 Å². The van der Waals surface area contributed by atoms with Gasteiger partial charge in [-0.2, -0.15) is 10.2 Å². The van der Waals surface area contributed by atoms with E-state index in [-0.39, 0.29) is 18.0 Å². The largest absolute Gasteiger partial charge is 0.514 e. The second kappa shape index (κ2) is 11.1. The number of hydrogen-bond acceptors (Lipinski definition) is 9. The zero-order chi connectivity index (χ0) is 23.6. The van der Waals surface area contributed by atoms with Crippen molar-refractivity contribution >= 4 is 29.2 Å². The number of rotatable bonds is 8. The molecule has 3 rings (SSSR count). The van der Waals surface area contributed by atoms with Crippen molar-refractivity contribution in [2.75, 3.05) is 6.61 Å². The highest BCUT2D eigenvalue weighted by atomic mass is 16.7. The lowest BCUT2D eigenvalue weighted by atomic mass is 10.2. The summed E-state index contributed by atoms with van der Waals surface area (Å²) in [6, 6.07) is 18.5. The number of carbonyl (C=O) groups is 2. The molecule has 0 N–H and O–H groups in total. The quantitative estimate of drug-likeness (QED) is 0.137. The summed E-state index contributed by atoms with van der Waals surface area (Å²) in [6.45, 7) is 2.02. The number of carbonyl (C=O) groups excluding carboxylic acids is 2. The average Bonchev–Trinajstić information content (AvgIpc) is 2.83. The molecule has 0 heterocycles. The Morgan fingerprint density at radius 2 is 1.42 bits per heavy atom. The normalized spacial score (nSPS) is 10.6. The summed E-state index contributed by atoms with van der Waals surface area (Å²) in [5, 5.41) is 18.9. The Morgan fingerprint density at radius 1 is 0.848 bits per heavy atom. The molecule has 3 aromatic rings. The Balaban J connectivity index is 1.49. The van der Waals surface area contributed by atoms with E-state index < -0.39 is 17.0 Å². The van der Waals surface area contributed by atoms with Gasteiger partial charge in [-0.15, -0.1) is 0 Å². The fourth-order valence-electron chi connectivity index (χ4n) is 2.56. The standard InChI is InChI=1S/C23H19N3O7/c1-2-31-22(27)17-5-9-19(10-6-17)25-24-18-7-3-16(4-8-18)15-32-23(28)33-21-13-11-20(12-14-21)26(29)30/h3-14H,2,15H2,1H3. The van der Waals surface area contributed by atoms with E-state index in [0.29, 0.717) is 29.1 Å². The van der Waals surface area contributed by atoms with Gasteiger partial charge in [0, 0.05) is 12.1 Å². The Hall–Kier alpha value is -4.60. The van der Waals surface area contributed by atoms with Gasteiger partial charge in [-0.1, -0.05) is 12.1 Å². The Morgan fingerprint density at radius 3 is 1.97 bits per heavy atom. The first-order valence-electron chi connectivity index (χ1n) is 9.81. The highest BCUT2D eigenvalue weighted by Gasteiger charge is 2.10. The van der Waals surface area contributed by atoms with Crippen molar-refractivity contribution in [1.29, 1.82) is 0 Å². The fraction of sp³-hybridized carbons (Fsp3) is 0.130. The van der Waals surface area contributed by atoms with Gasteiger partial charge in [-0.05, 0) is 61.0 Å². The number of esters is 1. The molecule has 0 bridgehead atoms. The number of nitrogens with zero attached hydrogens (tertiary/aromatic N) is 3. The van der Waals surface area contributed by atoms with Crippen LogP contribution in [0.2, 0.25) is 0 Å². The predicted octanol–water partition coefficient (Wildman–Crippen LogP) is 5.90. The predicted molar refractivity (Wildman–Crippen MR) is 117 cm³/mol. The van der Waals surface area contributed by atoms with Crippen LogP contribution in [0.4, 0.5) is 21.9 Å². The van der Waals surface area contributed by atoms with Crippen molar-refractivity contribution in [3.8, 4) is 5.75 Å². The maximum Gasteiger partial charge on any atom is 0.514 e. The molecule has 0 aliphatic rings. The van der Waals surface area contributed by atoms with Crippen LogP contribution in [-0.2, 0) is 16.1 Å². The molecule has 0 aromatic heterocycles. The molecule has 0 aliphatic carbocycles. The number of nitro groups is 1. The van der Waals surface area contributed by atoms with Gasteiger partial charge in [-0.25, -0.2) is 9.59 Å². The van der Waals surface area contributed by atoms with Gasteiger partial charge in [0.05, 0.1) is 28.5 Å². The van der Waals surface area contributed by atoms with E-state index in [1.165, 1.54) is 24.3 Å². The number of azo groups is 1. The van der Waals surface area contributed by atoms with E-state index in [9.17, 15) is 19.7 Å². The van der Waals surface area contributed by atoms with E-state index >= 15 is 0 Å². The lowest BCUT2D eigenvalue weighted by Gasteiger charge is -2.06. The SMILES string of the molecule is CCOC(=O)c1ccc(N=Nc2ccc(COC(=O)Oc3ccc([N+](=O)[O-])cc3)cc2)cc1. The lowest BCUT2D eigenvalue weighted by molar-refractivity contribution is -0.384. The van der Waals surface area contributed by atoms with Crippen molar-refractivity contribution in [3.63, 3.8) is 0 Å². The molecule has 10 heteroatoms. The van der Waals surface area contributed by atoms with Gasteiger partial charge in [0.15, 0.2) is 0 Å². The second-order valence-electron chi connectivity index (χ2n) is 6.53. The molecule has 3 aromatic carbocycles. The molecule has 0 amide bonds. The first kappa shape index (κ1) is 23.1. The van der Waals surface area contributed by atoms with Gasteiger partial charge in [0.1, 0.15) is 12.4 Å². The van der Waals surface area contributed by atoms with E-state index in [0.717, 1.165) is 0 Å². The Bertz CT molecular complexity index is 1140. The molecule has 0 spiro atoms. The summed E-state index contributed by atoms with van der Waals surface area (Å²) in [5.41, 5.74) is 2.19. The maximum absolute atomic E-state index is 11.8. The fourth-order valence-corrected chi connectivity index (χ4v) is 2.56. The van der Waals surface area contributed by atoms with Crippen LogP contribution in [0.15, 0.2) is 83.0 Å². The molecule has 0 atom stereocenters. The number of benzene rings is 3. The average molecular weight is 449 g/mol. The smallest absolute Gasteiger partial charge is 0.462 e. The molecule has 33 heavy (non-hydrogen) atoms. The summed E-state index contributed by atoms with van der Waals surface area (Å²) in [4.78, 5) is 33.5. The molecule has 0 radical (unpaired) electrons. The van der Waals surface area contributed by atoms with Gasteiger partial charge in [0.25, 0.3) is 5.69 Å². The highest BCUT2D eigenvalue weighted by Crippen LogP contribution is 2.21. The van der Waals surface area contributed by atoms with Crippen LogP contribution >= 0.6 is 0 Å². The van der Waals surface area contributed by atoms with Crippen molar-refractivity contribution in [3.05, 3.63) is 94.0 Å². The van der Waals surface area contributed by atoms with Crippen molar-refractivity contribution in [2.45, 2.75) is 13.5 Å². The molecular formula is C23H19N3O7. The first-order chi connectivity index (χ1) is 15.9. The zero-order valence-corrected chi connectivity index (χ0v) is 17.5. The molecule has 0 saturated heterocycles. The molecule has 0 unspecified atom stereocenters. The van der Waals surface area contributed by atoms with Crippen molar-refractivity contribution in [1.82, 2.24) is 0 Å².